The molecule has 1 aliphatic rings. The van der Waals surface area contributed by atoms with E-state index in [1.165, 1.54) is 13.0 Å². The first kappa shape index (κ1) is 23.3. The fourth-order valence-corrected chi connectivity index (χ4v) is 3.43. The molecule has 152 valence electrons. The second-order valence-corrected chi connectivity index (χ2v) is 6.69. The van der Waals surface area contributed by atoms with Gasteiger partial charge in [-0.2, -0.15) is 0 Å². The van der Waals surface area contributed by atoms with Gasteiger partial charge in [-0.3, -0.25) is 9.59 Å². The number of hydrogen-bond acceptors (Lipinski definition) is 3. The van der Waals surface area contributed by atoms with E-state index in [-0.39, 0.29) is 42.2 Å². The highest BCUT2D eigenvalue weighted by atomic mass is 35.5. The van der Waals surface area contributed by atoms with Crippen molar-refractivity contribution in [3.05, 3.63) is 35.4 Å². The Kier molecular flexibility index (Phi) is 9.66. The summed E-state index contributed by atoms with van der Waals surface area (Å²) in [6.07, 6.45) is 2.53. The zero-order valence-corrected chi connectivity index (χ0v) is 16.6. The van der Waals surface area contributed by atoms with Gasteiger partial charge in [0.2, 0.25) is 11.8 Å². The number of amides is 2. The van der Waals surface area contributed by atoms with Crippen LogP contribution >= 0.6 is 12.4 Å². The molecule has 1 heterocycles. The fraction of sp³-hybridized carbons (Fsp3) is 0.579. The minimum atomic E-state index is -0.818. The monoisotopic (exact) mass is 403 g/mol. The third-order valence-corrected chi connectivity index (χ3v) is 4.63. The quantitative estimate of drug-likeness (QED) is 0.735. The highest BCUT2D eigenvalue weighted by Crippen LogP contribution is 2.24. The van der Waals surface area contributed by atoms with Crippen LogP contribution in [0.25, 0.3) is 0 Å². The maximum Gasteiger partial charge on any atom is 0.225 e. The third-order valence-electron chi connectivity index (χ3n) is 4.63. The van der Waals surface area contributed by atoms with Crippen LogP contribution in [0.3, 0.4) is 0 Å². The third kappa shape index (κ3) is 6.74. The van der Waals surface area contributed by atoms with Gasteiger partial charge in [-0.15, -0.1) is 12.4 Å². The molecule has 0 aliphatic carbocycles. The molecule has 1 atom stereocenters. The molecule has 1 aliphatic heterocycles. The molecule has 1 fully saturated rings. The van der Waals surface area contributed by atoms with Gasteiger partial charge in [0.15, 0.2) is 0 Å². The van der Waals surface area contributed by atoms with Gasteiger partial charge in [-0.25, -0.2) is 8.78 Å². The Labute approximate surface area is 165 Å². The lowest BCUT2D eigenvalue weighted by Gasteiger charge is -2.35. The summed E-state index contributed by atoms with van der Waals surface area (Å²) in [4.78, 5) is 26.3. The molecule has 1 aromatic carbocycles. The molecule has 1 saturated heterocycles. The normalized spacial score (nSPS) is 15.6. The molecular formula is C19H28ClF2N3O2. The first-order valence-electron chi connectivity index (χ1n) is 9.14. The van der Waals surface area contributed by atoms with Gasteiger partial charge in [-0.1, -0.05) is 13.0 Å². The lowest BCUT2D eigenvalue weighted by molar-refractivity contribution is -0.135. The van der Waals surface area contributed by atoms with Crippen LogP contribution in [0.2, 0.25) is 0 Å². The Balaban J connectivity index is 0.00000364. The van der Waals surface area contributed by atoms with E-state index in [2.05, 4.69) is 10.6 Å². The summed E-state index contributed by atoms with van der Waals surface area (Å²) >= 11 is 0. The van der Waals surface area contributed by atoms with Crippen molar-refractivity contribution in [3.8, 4) is 0 Å². The number of hydrogen-bond donors (Lipinski definition) is 2. The Bertz CT molecular complexity index is 639. The fourth-order valence-electron chi connectivity index (χ4n) is 3.43. The van der Waals surface area contributed by atoms with Crippen molar-refractivity contribution >= 4 is 24.2 Å². The van der Waals surface area contributed by atoms with E-state index in [1.807, 2.05) is 11.8 Å². The van der Waals surface area contributed by atoms with Gasteiger partial charge < -0.3 is 15.5 Å². The molecular weight excluding hydrogens is 376 g/mol. The van der Waals surface area contributed by atoms with E-state index in [4.69, 9.17) is 0 Å². The topological polar surface area (TPSA) is 61.4 Å². The average molecular weight is 404 g/mol. The first-order valence-corrected chi connectivity index (χ1v) is 9.14. The summed E-state index contributed by atoms with van der Waals surface area (Å²) < 4.78 is 27.4. The van der Waals surface area contributed by atoms with Gasteiger partial charge >= 0.3 is 0 Å². The molecule has 27 heavy (non-hydrogen) atoms. The van der Waals surface area contributed by atoms with E-state index >= 15 is 0 Å². The predicted molar refractivity (Wildman–Crippen MR) is 103 cm³/mol. The zero-order chi connectivity index (χ0) is 19.1. The molecule has 0 saturated carbocycles. The lowest BCUT2D eigenvalue weighted by Crippen LogP contribution is -2.47. The molecule has 8 heteroatoms. The Morgan fingerprint density at radius 1 is 1.30 bits per heavy atom. The minimum Gasteiger partial charge on any atom is -0.349 e. The number of rotatable bonds is 7. The van der Waals surface area contributed by atoms with Crippen molar-refractivity contribution in [1.29, 1.82) is 0 Å². The molecule has 2 rings (SSSR count). The summed E-state index contributed by atoms with van der Waals surface area (Å²) in [7, 11) is 0. The number of nitrogens with one attached hydrogen (secondary N) is 2. The minimum absolute atomic E-state index is 0. The zero-order valence-electron chi connectivity index (χ0n) is 15.8. The van der Waals surface area contributed by atoms with Crippen LogP contribution < -0.4 is 10.6 Å². The van der Waals surface area contributed by atoms with Crippen LogP contribution in [0, 0.1) is 11.6 Å². The number of nitrogens with zero attached hydrogens (tertiary/aromatic N) is 1. The molecule has 0 radical (unpaired) electrons. The van der Waals surface area contributed by atoms with Crippen molar-refractivity contribution in [3.63, 3.8) is 0 Å². The number of carbonyl (C=O) groups is 2. The van der Waals surface area contributed by atoms with Crippen molar-refractivity contribution < 1.29 is 18.4 Å². The summed E-state index contributed by atoms with van der Waals surface area (Å²) in [6.45, 7) is 5.67. The Morgan fingerprint density at radius 2 is 1.96 bits per heavy atom. The second kappa shape index (κ2) is 11.2. The van der Waals surface area contributed by atoms with Crippen LogP contribution in [-0.2, 0) is 9.59 Å². The van der Waals surface area contributed by atoms with E-state index in [0.29, 0.717) is 6.54 Å². The van der Waals surface area contributed by atoms with Crippen LogP contribution in [0.5, 0.6) is 0 Å². The van der Waals surface area contributed by atoms with Crippen molar-refractivity contribution in [2.45, 2.75) is 51.6 Å². The molecule has 0 bridgehead atoms. The van der Waals surface area contributed by atoms with Gasteiger partial charge in [0.05, 0.1) is 12.5 Å². The standard InChI is InChI=1S/C19H27F2N3O2.ClH/c1-3-10-24(15-6-8-22-9-7-15)19(26)12-18(23-13(2)25)16-5-4-14(20)11-17(16)21;/h4-5,11,15,18,22H,3,6-10,12H2,1-2H3,(H,23,25);1H. The van der Waals surface area contributed by atoms with Crippen LogP contribution in [-0.4, -0.2) is 42.4 Å². The maximum absolute atomic E-state index is 14.2. The SMILES string of the molecule is CCCN(C(=O)CC(NC(C)=O)c1ccc(F)cc1F)C1CCNCC1.Cl. The number of halogens is 3. The molecule has 1 unspecified atom stereocenters. The van der Waals surface area contributed by atoms with Gasteiger partial charge in [-0.05, 0) is 38.4 Å². The lowest BCUT2D eigenvalue weighted by atomic mass is 9.99. The molecule has 5 nitrogen and oxygen atoms in total. The molecule has 2 amide bonds. The van der Waals surface area contributed by atoms with Crippen molar-refractivity contribution in [2.75, 3.05) is 19.6 Å². The number of carbonyl (C=O) groups excluding carboxylic acids is 2. The van der Waals surface area contributed by atoms with Crippen molar-refractivity contribution in [2.24, 2.45) is 0 Å². The summed E-state index contributed by atoms with van der Waals surface area (Å²) in [5.41, 5.74) is 0.122. The summed E-state index contributed by atoms with van der Waals surface area (Å²) in [6, 6.07) is 2.52. The molecule has 2 N–H and O–H groups in total. The number of benzene rings is 1. The largest absolute Gasteiger partial charge is 0.349 e. The van der Waals surface area contributed by atoms with E-state index in [0.717, 1.165) is 44.5 Å². The van der Waals surface area contributed by atoms with E-state index < -0.39 is 17.7 Å². The Morgan fingerprint density at radius 3 is 2.52 bits per heavy atom. The molecule has 1 aromatic rings. The smallest absolute Gasteiger partial charge is 0.225 e. The van der Waals surface area contributed by atoms with E-state index in [1.54, 1.807) is 0 Å². The number of piperidine rings is 1. The summed E-state index contributed by atoms with van der Waals surface area (Å²) in [5, 5.41) is 5.90. The second-order valence-electron chi connectivity index (χ2n) is 6.69. The Hall–Kier alpha value is -1.73. The van der Waals surface area contributed by atoms with Crippen molar-refractivity contribution in [1.82, 2.24) is 15.5 Å². The van der Waals surface area contributed by atoms with Crippen LogP contribution in [0.1, 0.15) is 51.1 Å². The molecule has 0 aromatic heterocycles. The van der Waals surface area contributed by atoms with Gasteiger partial charge in [0, 0.05) is 31.1 Å². The molecule has 0 spiro atoms. The van der Waals surface area contributed by atoms with Crippen LogP contribution in [0.4, 0.5) is 8.78 Å². The van der Waals surface area contributed by atoms with Crippen LogP contribution in [0.15, 0.2) is 18.2 Å². The first-order chi connectivity index (χ1) is 12.4. The van der Waals surface area contributed by atoms with Gasteiger partial charge in [0.1, 0.15) is 11.6 Å². The highest BCUT2D eigenvalue weighted by Gasteiger charge is 2.28. The van der Waals surface area contributed by atoms with Gasteiger partial charge in [0.25, 0.3) is 0 Å². The predicted octanol–water partition coefficient (Wildman–Crippen LogP) is 2.94. The highest BCUT2D eigenvalue weighted by molar-refractivity contribution is 5.85. The average Bonchev–Trinajstić information content (AvgIpc) is 2.59. The summed E-state index contributed by atoms with van der Waals surface area (Å²) in [5.74, 6) is -1.95. The maximum atomic E-state index is 14.2. The van der Waals surface area contributed by atoms with E-state index in [9.17, 15) is 18.4 Å².